The molecule has 0 saturated heterocycles. The minimum absolute atomic E-state index is 0.0106. The van der Waals surface area contributed by atoms with Crippen LogP contribution < -0.4 is 5.32 Å². The summed E-state index contributed by atoms with van der Waals surface area (Å²) >= 11 is 0.860. The van der Waals surface area contributed by atoms with Crippen molar-refractivity contribution in [3.8, 4) is 0 Å². The van der Waals surface area contributed by atoms with E-state index < -0.39 is 17.7 Å². The monoisotopic (exact) mass is 250 g/mol. The summed E-state index contributed by atoms with van der Waals surface area (Å²) in [6, 6.07) is 0. The summed E-state index contributed by atoms with van der Waals surface area (Å²) in [4.78, 5) is 14.3. The molecule has 8 heteroatoms. The second-order valence-corrected chi connectivity index (χ2v) is 4.60. The number of aromatic nitrogens is 1. The normalized spacial score (nSPS) is 11.9. The summed E-state index contributed by atoms with van der Waals surface area (Å²) in [6.45, 7) is 3.31. The molecule has 0 radical (unpaired) electrons. The van der Waals surface area contributed by atoms with Crippen molar-refractivity contribution in [2.75, 3.05) is 5.32 Å². The fourth-order valence-corrected chi connectivity index (χ4v) is 2.16. The summed E-state index contributed by atoms with van der Waals surface area (Å²) < 4.78 is 37.8. The molecule has 0 aromatic carbocycles. The van der Waals surface area contributed by atoms with Gasteiger partial charge in [-0.25, -0.2) is 4.98 Å². The van der Waals surface area contributed by atoms with Crippen LogP contribution in [0.15, 0.2) is 0 Å². The van der Waals surface area contributed by atoms with Crippen LogP contribution in [-0.2, 0) is 6.18 Å². The molecule has 1 aromatic heterocycles. The Morgan fingerprint density at radius 2 is 2.06 bits per heavy atom. The maximum Gasteiger partial charge on any atom is 0.434 e. The summed E-state index contributed by atoms with van der Waals surface area (Å²) in [5.74, 6) is -0.714. The van der Waals surface area contributed by atoms with Crippen LogP contribution in [0, 0.1) is 0 Å². The van der Waals surface area contributed by atoms with E-state index in [4.69, 9.17) is 0 Å². The molecule has 0 aliphatic rings. The maximum absolute atomic E-state index is 12.6. The number of nitrogens with zero attached hydrogens (tertiary/aromatic N) is 1. The average molecular weight is 250 g/mol. The number of hydrogen-bond acceptors (Lipinski definition) is 3. The van der Waals surface area contributed by atoms with Gasteiger partial charge in [-0.3, -0.25) is 4.79 Å². The molecular weight excluding hydrogens is 240 g/mol. The summed E-state index contributed by atoms with van der Waals surface area (Å²) in [5, 5.41) is 2.25. The smallest absolute Gasteiger partial charge is 0.311 e. The molecule has 1 heterocycles. The van der Waals surface area contributed by atoms with Crippen LogP contribution in [0.3, 0.4) is 0 Å². The van der Waals surface area contributed by atoms with E-state index in [-0.39, 0.29) is 15.9 Å². The Morgan fingerprint density at radius 3 is 2.38 bits per heavy atom. The number of thiazole rings is 1. The molecule has 16 heavy (non-hydrogen) atoms. The summed E-state index contributed by atoms with van der Waals surface area (Å²) in [5.41, 5.74) is -0.906. The van der Waals surface area contributed by atoms with Gasteiger partial charge in [0.2, 0.25) is 7.85 Å². The molecule has 1 rings (SSSR count). The molecule has 0 saturated carbocycles. The number of anilines is 1. The number of hydrogen-bond donors (Lipinski definition) is 1. The van der Waals surface area contributed by atoms with Crippen LogP contribution in [0.5, 0.6) is 0 Å². The fourth-order valence-electron chi connectivity index (χ4n) is 1.13. The number of carbonyl (C=O) groups excluding carboxylic acids is 1. The van der Waals surface area contributed by atoms with Crippen molar-refractivity contribution in [1.29, 1.82) is 0 Å². The third-order valence-electron chi connectivity index (χ3n) is 1.73. The lowest BCUT2D eigenvalue weighted by Gasteiger charge is -2.07. The zero-order valence-electron chi connectivity index (χ0n) is 8.97. The Hall–Kier alpha value is -1.05. The molecule has 3 nitrogen and oxygen atoms in total. The summed E-state index contributed by atoms with van der Waals surface area (Å²) in [6.07, 6.45) is -4.48. The Labute approximate surface area is 95.5 Å². The van der Waals surface area contributed by atoms with Crippen molar-refractivity contribution in [1.82, 2.24) is 4.98 Å². The lowest BCUT2D eigenvalue weighted by Crippen LogP contribution is -2.11. The first-order chi connectivity index (χ1) is 7.21. The van der Waals surface area contributed by atoms with Crippen molar-refractivity contribution in [3.05, 3.63) is 10.6 Å². The number of nitrogens with one attached hydrogen (secondary N) is 1. The number of halogens is 3. The van der Waals surface area contributed by atoms with Gasteiger partial charge in [0.1, 0.15) is 0 Å². The van der Waals surface area contributed by atoms with E-state index in [1.54, 1.807) is 13.8 Å². The van der Waals surface area contributed by atoms with E-state index in [0.29, 0.717) is 0 Å². The molecule has 1 amide bonds. The zero-order valence-corrected chi connectivity index (χ0v) is 9.79. The molecule has 1 aromatic rings. The second kappa shape index (κ2) is 4.44. The largest absolute Gasteiger partial charge is 0.434 e. The van der Waals surface area contributed by atoms with E-state index in [1.165, 1.54) is 7.85 Å². The van der Waals surface area contributed by atoms with Gasteiger partial charge in [0.05, 0.1) is 0 Å². The first-order valence-corrected chi connectivity index (χ1v) is 5.39. The van der Waals surface area contributed by atoms with Gasteiger partial charge >= 0.3 is 6.18 Å². The van der Waals surface area contributed by atoms with Crippen molar-refractivity contribution >= 4 is 30.1 Å². The van der Waals surface area contributed by atoms with Gasteiger partial charge in [0.15, 0.2) is 16.6 Å². The molecule has 88 valence electrons. The molecule has 0 atom stereocenters. The lowest BCUT2D eigenvalue weighted by molar-refractivity contribution is -0.141. The number of alkyl halides is 3. The molecule has 0 bridgehead atoms. The van der Waals surface area contributed by atoms with Crippen LogP contribution in [0.4, 0.5) is 23.1 Å². The predicted octanol–water partition coefficient (Wildman–Crippen LogP) is 2.45. The van der Waals surface area contributed by atoms with E-state index in [0.717, 1.165) is 11.3 Å². The van der Waals surface area contributed by atoms with Crippen molar-refractivity contribution < 1.29 is 18.0 Å². The van der Waals surface area contributed by atoms with Crippen LogP contribution in [-0.4, -0.2) is 18.6 Å². The Balaban J connectivity index is 3.15. The average Bonchev–Trinajstić information content (AvgIpc) is 2.45. The van der Waals surface area contributed by atoms with Gasteiger partial charge < -0.3 is 5.32 Å². The van der Waals surface area contributed by atoms with Crippen LogP contribution in [0.25, 0.3) is 0 Å². The lowest BCUT2D eigenvalue weighted by atomic mass is 10.1. The van der Waals surface area contributed by atoms with Crippen molar-refractivity contribution in [2.24, 2.45) is 0 Å². The zero-order chi connectivity index (χ0) is 12.5. The topological polar surface area (TPSA) is 42.0 Å². The van der Waals surface area contributed by atoms with E-state index in [2.05, 4.69) is 10.3 Å². The Kier molecular flexibility index (Phi) is 3.62. The highest BCUT2D eigenvalue weighted by Crippen LogP contribution is 2.39. The van der Waals surface area contributed by atoms with Gasteiger partial charge in [0, 0.05) is 4.88 Å². The van der Waals surface area contributed by atoms with Crippen molar-refractivity contribution in [2.45, 2.75) is 25.9 Å². The standard InChI is InChI=1S/C8H10BF3N2OS/c1-3(2)4-5(8(10,11)12)13-7(16-4)14-6(9)15/h3H,9H2,1-2H3,(H,13,14,15). The third-order valence-corrected chi connectivity index (χ3v) is 3.00. The number of amides is 1. The van der Waals surface area contributed by atoms with Crippen molar-refractivity contribution in [3.63, 3.8) is 0 Å². The molecule has 1 N–H and O–H groups in total. The first-order valence-electron chi connectivity index (χ1n) is 4.57. The quantitative estimate of drug-likeness (QED) is 0.819. The van der Waals surface area contributed by atoms with E-state index >= 15 is 0 Å². The van der Waals surface area contributed by atoms with Gasteiger partial charge in [-0.15, -0.1) is 11.3 Å². The molecular formula is C8H10BF3N2OS. The highest BCUT2D eigenvalue weighted by Gasteiger charge is 2.38. The van der Waals surface area contributed by atoms with Crippen LogP contribution >= 0.6 is 11.3 Å². The molecule has 0 unspecified atom stereocenters. The minimum Gasteiger partial charge on any atom is -0.311 e. The SMILES string of the molecule is BC(=O)Nc1nc(C(F)(F)F)c(C(C)C)s1. The highest BCUT2D eigenvalue weighted by atomic mass is 32.1. The first kappa shape index (κ1) is 13.0. The van der Waals surface area contributed by atoms with Gasteiger partial charge in [-0.2, -0.15) is 13.2 Å². The maximum atomic E-state index is 12.6. The van der Waals surface area contributed by atoms with Gasteiger partial charge in [0.25, 0.3) is 0 Å². The van der Waals surface area contributed by atoms with Gasteiger partial charge in [-0.05, 0) is 5.92 Å². The fraction of sp³-hybridized carbons (Fsp3) is 0.500. The summed E-state index contributed by atoms with van der Waals surface area (Å²) in [7, 11) is 1.23. The van der Waals surface area contributed by atoms with E-state index in [1.807, 2.05) is 0 Å². The highest BCUT2D eigenvalue weighted by molar-refractivity contribution is 7.16. The molecule has 0 aliphatic heterocycles. The third kappa shape index (κ3) is 2.97. The van der Waals surface area contributed by atoms with E-state index in [9.17, 15) is 18.0 Å². The second-order valence-electron chi connectivity index (χ2n) is 3.57. The minimum atomic E-state index is -4.48. The number of carbonyl (C=O) groups is 1. The van der Waals surface area contributed by atoms with Crippen LogP contribution in [0.2, 0.25) is 0 Å². The number of rotatable bonds is 2. The molecule has 0 spiro atoms. The Bertz CT molecular complexity index is 402. The Morgan fingerprint density at radius 1 is 1.50 bits per heavy atom. The van der Waals surface area contributed by atoms with Gasteiger partial charge in [-0.1, -0.05) is 13.8 Å². The van der Waals surface area contributed by atoms with Crippen LogP contribution in [0.1, 0.15) is 30.3 Å². The predicted molar refractivity (Wildman–Crippen MR) is 58.8 cm³/mol. The molecule has 0 aliphatic carbocycles. The molecule has 0 fully saturated rings.